The number of nitrogens with one attached hydrogen (secondary N) is 2. The molecule has 0 spiro atoms. The van der Waals surface area contributed by atoms with Gasteiger partial charge in [0.1, 0.15) is 17.0 Å². The van der Waals surface area contributed by atoms with Gasteiger partial charge in [0.25, 0.3) is 5.91 Å². The van der Waals surface area contributed by atoms with Crippen LogP contribution >= 0.6 is 22.7 Å². The fraction of sp³-hybridized carbons (Fsp3) is 0.200. The van der Waals surface area contributed by atoms with Gasteiger partial charge in [-0.2, -0.15) is 13.2 Å². The van der Waals surface area contributed by atoms with Crippen LogP contribution in [-0.4, -0.2) is 27.0 Å². The first kappa shape index (κ1) is 21.2. The highest BCUT2D eigenvalue weighted by Crippen LogP contribution is 2.36. The molecule has 0 aliphatic carbocycles. The number of amides is 1. The van der Waals surface area contributed by atoms with Crippen LogP contribution in [0.1, 0.15) is 31.8 Å². The van der Waals surface area contributed by atoms with Crippen LogP contribution in [0.5, 0.6) is 0 Å². The molecule has 1 atom stereocenters. The van der Waals surface area contributed by atoms with Crippen molar-refractivity contribution < 1.29 is 18.0 Å². The number of carbonyl (C=O) groups is 1. The maximum Gasteiger partial charge on any atom is 0.414 e. The number of hydrogen-bond donors (Lipinski definition) is 2. The molecule has 4 heterocycles. The second kappa shape index (κ2) is 8.60. The normalized spacial score (nSPS) is 12.6. The highest BCUT2D eigenvalue weighted by Gasteiger charge is 2.43. The van der Waals surface area contributed by atoms with Gasteiger partial charge in [0.2, 0.25) is 0 Å². The number of nitrogens with zero attached hydrogens (tertiary/aromatic N) is 3. The summed E-state index contributed by atoms with van der Waals surface area (Å²) in [6.45, 7) is 2.22. The first-order valence-corrected chi connectivity index (χ1v) is 10.8. The van der Waals surface area contributed by atoms with E-state index in [1.807, 2.05) is 17.5 Å². The Balaban J connectivity index is 1.63. The van der Waals surface area contributed by atoms with E-state index >= 15 is 0 Å². The van der Waals surface area contributed by atoms with E-state index in [4.69, 9.17) is 0 Å². The van der Waals surface area contributed by atoms with Crippen molar-refractivity contribution >= 4 is 44.6 Å². The van der Waals surface area contributed by atoms with E-state index < -0.39 is 18.1 Å². The lowest BCUT2D eigenvalue weighted by Crippen LogP contribution is -2.38. The summed E-state index contributed by atoms with van der Waals surface area (Å²) in [6.07, 6.45) is -2.07. The maximum absolute atomic E-state index is 13.6. The Labute approximate surface area is 183 Å². The molecule has 0 bridgehead atoms. The van der Waals surface area contributed by atoms with E-state index in [1.165, 1.54) is 30.7 Å². The Hall–Kier alpha value is -3.05. The van der Waals surface area contributed by atoms with E-state index in [-0.39, 0.29) is 10.6 Å². The second-order valence-electron chi connectivity index (χ2n) is 6.59. The number of rotatable bonds is 6. The summed E-state index contributed by atoms with van der Waals surface area (Å²) in [6, 6.07) is 5.89. The molecule has 0 saturated heterocycles. The summed E-state index contributed by atoms with van der Waals surface area (Å²) in [4.78, 5) is 26.8. The predicted molar refractivity (Wildman–Crippen MR) is 114 cm³/mol. The lowest BCUT2D eigenvalue weighted by molar-refractivity contribution is -0.156. The molecule has 2 N–H and O–H groups in total. The Morgan fingerprint density at radius 3 is 2.68 bits per heavy atom. The van der Waals surface area contributed by atoms with Gasteiger partial charge in [0.05, 0.1) is 22.5 Å². The van der Waals surface area contributed by atoms with Gasteiger partial charge in [0.15, 0.2) is 6.04 Å². The Kier molecular flexibility index (Phi) is 5.88. The van der Waals surface area contributed by atoms with Gasteiger partial charge in [-0.15, -0.1) is 22.7 Å². The third-order valence-electron chi connectivity index (χ3n) is 4.53. The van der Waals surface area contributed by atoms with E-state index in [2.05, 4.69) is 25.6 Å². The van der Waals surface area contributed by atoms with Crippen molar-refractivity contribution in [2.45, 2.75) is 25.7 Å². The molecular formula is C20H16F3N5OS2. The van der Waals surface area contributed by atoms with Crippen molar-refractivity contribution in [3.8, 4) is 0 Å². The zero-order valence-electron chi connectivity index (χ0n) is 16.1. The average molecular weight is 464 g/mol. The van der Waals surface area contributed by atoms with Crippen LogP contribution in [0.3, 0.4) is 0 Å². The first-order valence-electron chi connectivity index (χ1n) is 9.13. The topological polar surface area (TPSA) is 79.8 Å². The summed E-state index contributed by atoms with van der Waals surface area (Å²) in [5.74, 6) is -0.305. The number of aryl methyl sites for hydroxylation is 1. The van der Waals surface area contributed by atoms with Gasteiger partial charge in [-0.25, -0.2) is 9.97 Å². The van der Waals surface area contributed by atoms with E-state index in [1.54, 1.807) is 18.3 Å². The highest BCUT2D eigenvalue weighted by molar-refractivity contribution is 7.20. The summed E-state index contributed by atoms with van der Waals surface area (Å²) in [7, 11) is 0. The molecule has 0 radical (unpaired) electrons. The quantitative estimate of drug-likeness (QED) is 0.416. The molecule has 6 nitrogen and oxygen atoms in total. The van der Waals surface area contributed by atoms with Gasteiger partial charge in [-0.1, -0.05) is 12.1 Å². The lowest BCUT2D eigenvalue weighted by Gasteiger charge is -2.21. The Morgan fingerprint density at radius 1 is 1.16 bits per heavy atom. The number of fused-ring (bicyclic) bond motifs is 1. The molecule has 0 fully saturated rings. The molecule has 4 aromatic rings. The van der Waals surface area contributed by atoms with Crippen molar-refractivity contribution in [2.75, 3.05) is 5.32 Å². The fourth-order valence-electron chi connectivity index (χ4n) is 3.07. The summed E-state index contributed by atoms with van der Waals surface area (Å²) < 4.78 is 40.8. The van der Waals surface area contributed by atoms with Crippen molar-refractivity contribution in [3.05, 3.63) is 69.2 Å². The van der Waals surface area contributed by atoms with Gasteiger partial charge in [-0.05, 0) is 36.1 Å². The van der Waals surface area contributed by atoms with Crippen LogP contribution < -0.4 is 10.6 Å². The van der Waals surface area contributed by atoms with E-state index in [0.29, 0.717) is 28.1 Å². The highest BCUT2D eigenvalue weighted by atomic mass is 32.1. The van der Waals surface area contributed by atoms with Crippen LogP contribution in [0.15, 0.2) is 48.2 Å². The minimum atomic E-state index is -4.69. The third-order valence-corrected chi connectivity index (χ3v) is 6.60. The molecule has 1 amide bonds. The number of aromatic nitrogens is 3. The number of pyridine rings is 1. The van der Waals surface area contributed by atoms with Crippen LogP contribution in [0.2, 0.25) is 0 Å². The van der Waals surface area contributed by atoms with Crippen LogP contribution in [0.4, 0.5) is 19.0 Å². The average Bonchev–Trinajstić information content (AvgIpc) is 3.38. The molecule has 160 valence electrons. The molecule has 0 saturated carbocycles. The van der Waals surface area contributed by atoms with Gasteiger partial charge < -0.3 is 10.6 Å². The number of hydrogen-bond acceptors (Lipinski definition) is 7. The van der Waals surface area contributed by atoms with Crippen LogP contribution in [0, 0.1) is 6.92 Å². The third kappa shape index (κ3) is 4.52. The smallest absolute Gasteiger partial charge is 0.365 e. The first-order chi connectivity index (χ1) is 14.8. The fourth-order valence-corrected chi connectivity index (χ4v) is 4.77. The zero-order chi connectivity index (χ0) is 22.0. The maximum atomic E-state index is 13.6. The number of thiophene rings is 2. The monoisotopic (exact) mass is 463 g/mol. The number of carbonyl (C=O) groups excluding carboxylic acids is 1. The summed E-state index contributed by atoms with van der Waals surface area (Å²) >= 11 is 2.62. The molecule has 0 aliphatic rings. The van der Waals surface area contributed by atoms with Crippen molar-refractivity contribution in [3.63, 3.8) is 0 Å². The Bertz CT molecular complexity index is 1190. The lowest BCUT2D eigenvalue weighted by atomic mass is 10.1. The Morgan fingerprint density at radius 2 is 2.00 bits per heavy atom. The molecule has 31 heavy (non-hydrogen) atoms. The molecule has 4 rings (SSSR count). The molecule has 0 aliphatic heterocycles. The zero-order valence-corrected chi connectivity index (χ0v) is 17.7. The van der Waals surface area contributed by atoms with Gasteiger partial charge in [-0.3, -0.25) is 9.78 Å². The molecular weight excluding hydrogens is 447 g/mol. The SMILES string of the molecule is Cc1c(C(=O)NC(c2ccccn2)C(F)(F)F)sc2ncnc(NCc3cccs3)c12. The molecule has 4 aromatic heterocycles. The number of halogens is 3. The molecule has 0 aromatic carbocycles. The van der Waals surface area contributed by atoms with Gasteiger partial charge in [0, 0.05) is 11.1 Å². The largest absolute Gasteiger partial charge is 0.414 e. The second-order valence-corrected chi connectivity index (χ2v) is 8.63. The summed E-state index contributed by atoms with van der Waals surface area (Å²) in [5.41, 5.74) is 0.244. The van der Waals surface area contributed by atoms with Crippen molar-refractivity contribution in [2.24, 2.45) is 0 Å². The molecule has 11 heteroatoms. The van der Waals surface area contributed by atoms with Crippen molar-refractivity contribution in [1.82, 2.24) is 20.3 Å². The number of alkyl halides is 3. The minimum Gasteiger partial charge on any atom is -0.365 e. The van der Waals surface area contributed by atoms with E-state index in [9.17, 15) is 18.0 Å². The van der Waals surface area contributed by atoms with Gasteiger partial charge >= 0.3 is 6.18 Å². The molecule has 1 unspecified atom stereocenters. The van der Waals surface area contributed by atoms with Crippen LogP contribution in [0.25, 0.3) is 10.2 Å². The number of anilines is 1. The minimum absolute atomic E-state index is 0.153. The van der Waals surface area contributed by atoms with Crippen LogP contribution in [-0.2, 0) is 6.54 Å². The van der Waals surface area contributed by atoms with E-state index in [0.717, 1.165) is 16.2 Å². The summed E-state index contributed by atoms with van der Waals surface area (Å²) in [5, 5.41) is 7.88. The standard InChI is InChI=1S/C20H16F3N5OS2/c1-11-14-17(25-9-12-5-4-8-30-12)26-10-27-19(14)31-15(11)18(29)28-16(20(21,22)23)13-6-2-3-7-24-13/h2-8,10,16H,9H2,1H3,(H,28,29)(H,25,26,27). The predicted octanol–water partition coefficient (Wildman–Crippen LogP) is 5.10. The van der Waals surface area contributed by atoms with Crippen molar-refractivity contribution in [1.29, 1.82) is 0 Å².